The molecule has 7 heteroatoms. The summed E-state index contributed by atoms with van der Waals surface area (Å²) in [5, 5.41) is 10.6. The van der Waals surface area contributed by atoms with Crippen LogP contribution in [0.25, 0.3) is 6.08 Å². The molecule has 0 amide bonds. The van der Waals surface area contributed by atoms with Crippen molar-refractivity contribution in [1.29, 1.82) is 0 Å². The number of esters is 1. The number of rotatable bonds is 5. The first-order valence-corrected chi connectivity index (χ1v) is 5.37. The molecule has 1 rings (SSSR count). The average Bonchev–Trinajstić information content (AvgIpc) is 2.72. The molecule has 0 radical (unpaired) electrons. The summed E-state index contributed by atoms with van der Waals surface area (Å²) in [6.45, 7) is 0. The lowest BCUT2D eigenvalue weighted by Gasteiger charge is -1.91. The maximum atomic E-state index is 10.8. The largest absolute Gasteiger partial charge is 0.469 e. The lowest BCUT2D eigenvalue weighted by Crippen LogP contribution is -1.96. The Morgan fingerprint density at radius 3 is 2.88 bits per heavy atom. The fourth-order valence-corrected chi connectivity index (χ4v) is 1.88. The Bertz CT molecular complexity index is 477. The standard InChI is InChI=1S/C10H9NO5S/c1-16-9(13)4-2-3-7-5-8(6-12)17-10(7)11(14)15/h2-3,5-6H,4H2,1H3. The second-order valence-electron chi connectivity index (χ2n) is 2.97. The Balaban J connectivity index is 2.89. The molecule has 0 aliphatic rings. The summed E-state index contributed by atoms with van der Waals surface area (Å²) in [5.74, 6) is -0.435. The first-order valence-electron chi connectivity index (χ1n) is 4.55. The molecule has 0 atom stereocenters. The monoisotopic (exact) mass is 255 g/mol. The van der Waals surface area contributed by atoms with E-state index in [-0.39, 0.29) is 16.3 Å². The molecule has 0 aliphatic heterocycles. The molecule has 1 aromatic rings. The van der Waals surface area contributed by atoms with Crippen molar-refractivity contribution in [2.45, 2.75) is 6.42 Å². The van der Waals surface area contributed by atoms with Gasteiger partial charge in [0, 0.05) is 0 Å². The summed E-state index contributed by atoms with van der Waals surface area (Å²) in [6.07, 6.45) is 3.46. The smallest absolute Gasteiger partial charge is 0.331 e. The third-order valence-electron chi connectivity index (χ3n) is 1.85. The minimum atomic E-state index is -0.560. The lowest BCUT2D eigenvalue weighted by atomic mass is 10.2. The fourth-order valence-electron chi connectivity index (χ4n) is 1.10. The maximum absolute atomic E-state index is 10.8. The van der Waals surface area contributed by atoms with Crippen LogP contribution in [-0.4, -0.2) is 24.3 Å². The summed E-state index contributed by atoms with van der Waals surface area (Å²) in [4.78, 5) is 31.7. The summed E-state index contributed by atoms with van der Waals surface area (Å²) in [7, 11) is 1.26. The predicted octanol–water partition coefficient (Wildman–Crippen LogP) is 2.05. The van der Waals surface area contributed by atoms with Crippen LogP contribution in [0.5, 0.6) is 0 Å². The Kier molecular flexibility index (Phi) is 4.53. The highest BCUT2D eigenvalue weighted by molar-refractivity contribution is 7.17. The highest BCUT2D eigenvalue weighted by Crippen LogP contribution is 2.30. The molecule has 1 heterocycles. The van der Waals surface area contributed by atoms with Crippen molar-refractivity contribution in [1.82, 2.24) is 0 Å². The molecule has 17 heavy (non-hydrogen) atoms. The van der Waals surface area contributed by atoms with E-state index >= 15 is 0 Å². The van der Waals surface area contributed by atoms with E-state index in [1.54, 1.807) is 0 Å². The van der Waals surface area contributed by atoms with E-state index < -0.39 is 10.9 Å². The minimum absolute atomic E-state index is 0.0277. The number of carbonyl (C=O) groups is 2. The highest BCUT2D eigenvalue weighted by Gasteiger charge is 2.16. The van der Waals surface area contributed by atoms with Crippen molar-refractivity contribution in [3.63, 3.8) is 0 Å². The average molecular weight is 255 g/mol. The number of ether oxygens (including phenoxy) is 1. The van der Waals surface area contributed by atoms with Crippen LogP contribution in [0.1, 0.15) is 21.7 Å². The van der Waals surface area contributed by atoms with Gasteiger partial charge in [-0.15, -0.1) is 0 Å². The van der Waals surface area contributed by atoms with Crippen molar-refractivity contribution >= 4 is 34.7 Å². The first-order chi connectivity index (χ1) is 8.08. The van der Waals surface area contributed by atoms with Crippen molar-refractivity contribution in [2.75, 3.05) is 7.11 Å². The van der Waals surface area contributed by atoms with Crippen LogP contribution in [0.4, 0.5) is 5.00 Å². The van der Waals surface area contributed by atoms with Gasteiger partial charge in [-0.1, -0.05) is 23.5 Å². The summed E-state index contributed by atoms with van der Waals surface area (Å²) >= 11 is 0.798. The second kappa shape index (κ2) is 5.90. The number of carbonyl (C=O) groups excluding carboxylic acids is 2. The van der Waals surface area contributed by atoms with E-state index in [0.717, 1.165) is 11.3 Å². The van der Waals surface area contributed by atoms with Crippen LogP contribution in [0.2, 0.25) is 0 Å². The van der Waals surface area contributed by atoms with Gasteiger partial charge < -0.3 is 4.74 Å². The Morgan fingerprint density at radius 1 is 1.65 bits per heavy atom. The maximum Gasteiger partial charge on any atom is 0.331 e. The van der Waals surface area contributed by atoms with E-state index in [4.69, 9.17) is 0 Å². The normalized spacial score (nSPS) is 10.4. The quantitative estimate of drug-likeness (QED) is 0.348. The van der Waals surface area contributed by atoms with Crippen molar-refractivity contribution in [3.05, 3.63) is 32.7 Å². The molecule has 0 unspecified atom stereocenters. The van der Waals surface area contributed by atoms with E-state index in [0.29, 0.717) is 11.8 Å². The predicted molar refractivity (Wildman–Crippen MR) is 62.0 cm³/mol. The van der Waals surface area contributed by atoms with Gasteiger partial charge in [-0.05, 0) is 6.07 Å². The molecule has 0 fully saturated rings. The van der Waals surface area contributed by atoms with Crippen molar-refractivity contribution < 1.29 is 19.2 Å². The van der Waals surface area contributed by atoms with Gasteiger partial charge in [0.2, 0.25) is 0 Å². The number of hydrogen-bond acceptors (Lipinski definition) is 6. The zero-order chi connectivity index (χ0) is 12.8. The van der Waals surface area contributed by atoms with Crippen molar-refractivity contribution in [2.24, 2.45) is 0 Å². The van der Waals surface area contributed by atoms with Crippen LogP contribution in [0, 0.1) is 10.1 Å². The number of thiophene rings is 1. The van der Waals surface area contributed by atoms with Crippen LogP contribution in [-0.2, 0) is 9.53 Å². The number of aldehydes is 1. The van der Waals surface area contributed by atoms with Crippen molar-refractivity contribution in [3.8, 4) is 0 Å². The van der Waals surface area contributed by atoms with Gasteiger partial charge in [-0.3, -0.25) is 19.7 Å². The molecule has 1 aromatic heterocycles. The zero-order valence-electron chi connectivity index (χ0n) is 8.91. The van der Waals surface area contributed by atoms with Gasteiger partial charge >= 0.3 is 11.0 Å². The van der Waals surface area contributed by atoms with Gasteiger partial charge in [-0.25, -0.2) is 0 Å². The van der Waals surface area contributed by atoms with E-state index in [1.807, 2.05) is 0 Å². The van der Waals surface area contributed by atoms with Crippen LogP contribution in [0.15, 0.2) is 12.1 Å². The molecule has 90 valence electrons. The van der Waals surface area contributed by atoms with Crippen LogP contribution in [0.3, 0.4) is 0 Å². The SMILES string of the molecule is COC(=O)CC=Cc1cc(C=O)sc1[N+](=O)[O-]. The molecular formula is C10H9NO5S. The van der Waals surface area contributed by atoms with E-state index in [1.165, 1.54) is 25.3 Å². The molecule has 0 N–H and O–H groups in total. The molecule has 6 nitrogen and oxygen atoms in total. The van der Waals surface area contributed by atoms with Gasteiger partial charge in [0.25, 0.3) is 0 Å². The molecule has 0 aromatic carbocycles. The Labute approximate surface area is 101 Å². The second-order valence-corrected chi connectivity index (χ2v) is 4.03. The first kappa shape index (κ1) is 13.0. The van der Waals surface area contributed by atoms with Gasteiger partial charge in [-0.2, -0.15) is 0 Å². The fraction of sp³-hybridized carbons (Fsp3) is 0.200. The molecule has 0 saturated carbocycles. The van der Waals surface area contributed by atoms with Gasteiger partial charge in [0.15, 0.2) is 6.29 Å². The highest BCUT2D eigenvalue weighted by atomic mass is 32.1. The Hall–Kier alpha value is -2.02. The number of nitro groups is 1. The summed E-state index contributed by atoms with van der Waals surface area (Å²) < 4.78 is 4.41. The van der Waals surface area contributed by atoms with E-state index in [9.17, 15) is 19.7 Å². The third-order valence-corrected chi connectivity index (χ3v) is 2.88. The number of nitrogens with zero attached hydrogens (tertiary/aromatic N) is 1. The summed E-state index contributed by atoms with van der Waals surface area (Å²) in [6, 6.07) is 1.41. The third kappa shape index (κ3) is 3.49. The molecule has 0 saturated heterocycles. The zero-order valence-corrected chi connectivity index (χ0v) is 9.73. The Morgan fingerprint density at radius 2 is 2.35 bits per heavy atom. The summed E-state index contributed by atoms with van der Waals surface area (Å²) in [5.41, 5.74) is 0.311. The molecular weight excluding hydrogens is 246 g/mol. The minimum Gasteiger partial charge on any atom is -0.469 e. The van der Waals surface area contributed by atoms with Crippen LogP contribution < -0.4 is 0 Å². The van der Waals surface area contributed by atoms with Gasteiger partial charge in [0.1, 0.15) is 0 Å². The molecule has 0 bridgehead atoms. The van der Waals surface area contributed by atoms with Gasteiger partial charge in [0.05, 0.1) is 28.9 Å². The topological polar surface area (TPSA) is 86.5 Å². The van der Waals surface area contributed by atoms with Crippen LogP contribution >= 0.6 is 11.3 Å². The molecule has 0 spiro atoms. The lowest BCUT2D eigenvalue weighted by molar-refractivity contribution is -0.380. The molecule has 0 aliphatic carbocycles. The number of methoxy groups -OCH3 is 1. The van der Waals surface area contributed by atoms with E-state index in [2.05, 4.69) is 4.74 Å². The number of hydrogen-bond donors (Lipinski definition) is 0.